The molecule has 0 aliphatic carbocycles. The molecular formula is C21H24FN5O4S. The predicted molar refractivity (Wildman–Crippen MR) is 118 cm³/mol. The average molecular weight is 462 g/mol. The number of hydrogen-bond donors (Lipinski definition) is 2. The van der Waals surface area contributed by atoms with E-state index in [0.717, 1.165) is 36.9 Å². The number of benzene rings is 1. The van der Waals surface area contributed by atoms with Crippen LogP contribution in [0.25, 0.3) is 5.65 Å². The van der Waals surface area contributed by atoms with Crippen molar-refractivity contribution in [3.8, 4) is 0 Å². The second-order valence-corrected chi connectivity index (χ2v) is 9.87. The Balaban J connectivity index is 1.75. The summed E-state index contributed by atoms with van der Waals surface area (Å²) in [6, 6.07) is 4.74. The Kier molecular flexibility index (Phi) is 5.53. The molecule has 0 unspecified atom stereocenters. The van der Waals surface area contributed by atoms with Crippen molar-refractivity contribution in [1.82, 2.24) is 19.5 Å². The summed E-state index contributed by atoms with van der Waals surface area (Å²) in [5.41, 5.74) is 2.12. The third-order valence-electron chi connectivity index (χ3n) is 5.73. The van der Waals surface area contributed by atoms with Crippen LogP contribution >= 0.6 is 0 Å². The van der Waals surface area contributed by atoms with Crippen LogP contribution in [0.15, 0.2) is 29.1 Å². The fourth-order valence-corrected chi connectivity index (χ4v) is 4.60. The maximum absolute atomic E-state index is 13.8. The molecule has 1 amide bonds. The minimum Gasteiger partial charge on any atom is -0.343 e. The van der Waals surface area contributed by atoms with Gasteiger partial charge in [-0.3, -0.25) is 14.3 Å². The molecule has 4 rings (SSSR count). The monoisotopic (exact) mass is 461 g/mol. The lowest BCUT2D eigenvalue weighted by atomic mass is 9.98. The van der Waals surface area contributed by atoms with Crippen molar-refractivity contribution in [3.63, 3.8) is 0 Å². The van der Waals surface area contributed by atoms with Crippen LogP contribution in [0.5, 0.6) is 0 Å². The molecule has 0 bridgehead atoms. The van der Waals surface area contributed by atoms with E-state index in [-0.39, 0.29) is 16.8 Å². The maximum atomic E-state index is 13.8. The van der Waals surface area contributed by atoms with Crippen LogP contribution in [0.4, 0.5) is 10.1 Å². The number of hydrogen-bond acceptors (Lipinski definition) is 5. The number of rotatable bonds is 4. The van der Waals surface area contributed by atoms with E-state index in [1.54, 1.807) is 17.9 Å². The Morgan fingerprint density at radius 3 is 2.72 bits per heavy atom. The molecule has 11 heteroatoms. The second kappa shape index (κ2) is 8.05. The summed E-state index contributed by atoms with van der Waals surface area (Å²) in [6.45, 7) is 3.96. The van der Waals surface area contributed by atoms with Gasteiger partial charge in [0.15, 0.2) is 0 Å². The highest BCUT2D eigenvalue weighted by Gasteiger charge is 2.32. The number of nitrogens with zero attached hydrogens (tertiary/aromatic N) is 3. The first-order valence-electron chi connectivity index (χ1n) is 10.2. The van der Waals surface area contributed by atoms with E-state index in [0.29, 0.717) is 29.9 Å². The van der Waals surface area contributed by atoms with Gasteiger partial charge in [-0.2, -0.15) is 9.61 Å². The number of anilines is 1. The van der Waals surface area contributed by atoms with Crippen molar-refractivity contribution in [2.24, 2.45) is 0 Å². The van der Waals surface area contributed by atoms with Crippen LogP contribution < -0.4 is 10.3 Å². The Labute approximate surface area is 184 Å². The number of carbonyl (C=O) groups excluding carboxylic acids is 1. The van der Waals surface area contributed by atoms with E-state index in [1.165, 1.54) is 10.6 Å². The van der Waals surface area contributed by atoms with Gasteiger partial charge in [0.1, 0.15) is 11.5 Å². The van der Waals surface area contributed by atoms with Crippen LogP contribution in [0, 0.1) is 19.7 Å². The minimum atomic E-state index is -3.72. The second-order valence-electron chi connectivity index (χ2n) is 8.12. The van der Waals surface area contributed by atoms with Gasteiger partial charge in [0.25, 0.3) is 11.5 Å². The van der Waals surface area contributed by atoms with Crippen LogP contribution in [0.1, 0.15) is 52.6 Å². The van der Waals surface area contributed by atoms with Crippen LogP contribution in [-0.4, -0.2) is 46.6 Å². The quantitative estimate of drug-likeness (QED) is 0.619. The lowest BCUT2D eigenvalue weighted by molar-refractivity contribution is 0.0606. The number of piperidine rings is 1. The third kappa shape index (κ3) is 4.12. The highest BCUT2D eigenvalue weighted by molar-refractivity contribution is 7.92. The summed E-state index contributed by atoms with van der Waals surface area (Å²) in [7, 11) is -3.72. The molecule has 0 saturated carbocycles. The van der Waals surface area contributed by atoms with E-state index >= 15 is 0 Å². The molecule has 2 aromatic heterocycles. The number of aromatic nitrogens is 3. The molecule has 1 aliphatic heterocycles. The number of fused-ring (bicyclic) bond motifs is 1. The van der Waals surface area contributed by atoms with Gasteiger partial charge in [-0.15, -0.1) is 0 Å². The number of aryl methyl sites for hydroxylation is 1. The first-order valence-corrected chi connectivity index (χ1v) is 12.1. The molecule has 1 atom stereocenters. The number of H-pyrrole nitrogens is 1. The van der Waals surface area contributed by atoms with Crippen molar-refractivity contribution in [2.45, 2.75) is 39.2 Å². The normalized spacial score (nSPS) is 17.0. The molecule has 2 N–H and O–H groups in total. The van der Waals surface area contributed by atoms with Gasteiger partial charge >= 0.3 is 0 Å². The van der Waals surface area contributed by atoms with Gasteiger partial charge in [0.2, 0.25) is 10.0 Å². The van der Waals surface area contributed by atoms with Crippen LogP contribution in [-0.2, 0) is 10.0 Å². The summed E-state index contributed by atoms with van der Waals surface area (Å²) < 4.78 is 40.8. The number of halogens is 1. The smallest absolute Gasteiger partial charge is 0.277 e. The molecule has 9 nitrogen and oxygen atoms in total. The topological polar surface area (TPSA) is 117 Å². The fourth-order valence-electron chi connectivity index (χ4n) is 4.04. The molecule has 1 aliphatic rings. The Morgan fingerprint density at radius 2 is 2.00 bits per heavy atom. The largest absolute Gasteiger partial charge is 0.343 e. The van der Waals surface area contributed by atoms with E-state index < -0.39 is 27.8 Å². The SMILES string of the molecule is Cc1[nH]c2cc([C@@H]3CCCCN3C(=O)c3ccc(F)cc3NS(C)(=O)=O)nn2c(=O)c1C. The number of amides is 1. The van der Waals surface area contributed by atoms with Crippen molar-refractivity contribution in [2.75, 3.05) is 17.5 Å². The number of nitrogens with one attached hydrogen (secondary N) is 2. The molecule has 170 valence electrons. The molecule has 1 fully saturated rings. The van der Waals surface area contributed by atoms with Crippen LogP contribution in [0.3, 0.4) is 0 Å². The number of sulfonamides is 1. The molecule has 0 radical (unpaired) electrons. The predicted octanol–water partition coefficient (Wildman–Crippen LogP) is 2.52. The van der Waals surface area contributed by atoms with Gasteiger partial charge in [0, 0.05) is 23.9 Å². The minimum absolute atomic E-state index is 0.0512. The van der Waals surface area contributed by atoms with Crippen LogP contribution in [0.2, 0.25) is 0 Å². The average Bonchev–Trinajstić information content (AvgIpc) is 3.14. The summed E-state index contributed by atoms with van der Waals surface area (Å²) in [6.07, 6.45) is 3.21. The molecule has 3 aromatic rings. The summed E-state index contributed by atoms with van der Waals surface area (Å²) in [4.78, 5) is 30.8. The highest BCUT2D eigenvalue weighted by atomic mass is 32.2. The lowest BCUT2D eigenvalue weighted by Crippen LogP contribution is -2.39. The van der Waals surface area contributed by atoms with Gasteiger partial charge in [-0.1, -0.05) is 0 Å². The lowest BCUT2D eigenvalue weighted by Gasteiger charge is -2.35. The highest BCUT2D eigenvalue weighted by Crippen LogP contribution is 2.33. The van der Waals surface area contributed by atoms with Crippen molar-refractivity contribution in [3.05, 3.63) is 63.0 Å². The summed E-state index contributed by atoms with van der Waals surface area (Å²) in [5, 5.41) is 4.47. The molecule has 1 saturated heterocycles. The number of carbonyl (C=O) groups is 1. The Hall–Kier alpha value is -3.21. The molecule has 0 spiro atoms. The van der Waals surface area contributed by atoms with Gasteiger partial charge in [-0.25, -0.2) is 12.8 Å². The zero-order chi connectivity index (χ0) is 23.2. The van der Waals surface area contributed by atoms with E-state index in [2.05, 4.69) is 14.8 Å². The zero-order valence-corrected chi connectivity index (χ0v) is 18.8. The maximum Gasteiger partial charge on any atom is 0.277 e. The molecule has 1 aromatic carbocycles. The zero-order valence-electron chi connectivity index (χ0n) is 18.0. The van der Waals surface area contributed by atoms with Gasteiger partial charge < -0.3 is 9.88 Å². The number of likely N-dealkylation sites (tertiary alicyclic amines) is 1. The third-order valence-corrected chi connectivity index (χ3v) is 6.32. The summed E-state index contributed by atoms with van der Waals surface area (Å²) >= 11 is 0. The first kappa shape index (κ1) is 22.0. The molecule has 3 heterocycles. The van der Waals surface area contributed by atoms with E-state index in [9.17, 15) is 22.4 Å². The Morgan fingerprint density at radius 1 is 1.25 bits per heavy atom. The van der Waals surface area contributed by atoms with E-state index in [4.69, 9.17) is 0 Å². The summed E-state index contributed by atoms with van der Waals surface area (Å²) in [5.74, 6) is -1.09. The molecule has 32 heavy (non-hydrogen) atoms. The van der Waals surface area contributed by atoms with Crippen molar-refractivity contribution in [1.29, 1.82) is 0 Å². The van der Waals surface area contributed by atoms with E-state index in [1.807, 2.05) is 6.92 Å². The molecular weight excluding hydrogens is 437 g/mol. The van der Waals surface area contributed by atoms with Crippen molar-refractivity contribution < 1.29 is 17.6 Å². The van der Waals surface area contributed by atoms with Crippen molar-refractivity contribution >= 4 is 27.3 Å². The Bertz CT molecular complexity index is 1380. The van der Waals surface area contributed by atoms with Gasteiger partial charge in [0.05, 0.1) is 29.2 Å². The first-order chi connectivity index (χ1) is 15.0. The standard InChI is InChI=1S/C21H24FN5O4S/c1-12-13(2)23-19-11-17(24-27(19)20(12)28)18-6-4-5-9-26(18)21(29)15-8-7-14(22)10-16(15)25-32(3,30)31/h7-8,10-11,18,23,25H,4-6,9H2,1-3H3/t18-/m0/s1. The van der Waals surface area contributed by atoms with Gasteiger partial charge in [-0.05, 0) is 51.3 Å². The fraction of sp³-hybridized carbons (Fsp3) is 0.381. The number of aromatic amines is 1.